The van der Waals surface area contributed by atoms with E-state index in [1.54, 1.807) is 0 Å². The predicted octanol–water partition coefficient (Wildman–Crippen LogP) is 14.9. The molecule has 3 nitrogen and oxygen atoms in total. The number of hydrogen-bond donors (Lipinski definition) is 0. The quantitative estimate of drug-likeness (QED) is 0.162. The van der Waals surface area contributed by atoms with Gasteiger partial charge in [-0.05, 0) is 82.1 Å². The van der Waals surface area contributed by atoms with Crippen LogP contribution in [0.1, 0.15) is 26.3 Å². The number of furan rings is 1. The summed E-state index contributed by atoms with van der Waals surface area (Å²) in [5, 5.41) is 4.90. The van der Waals surface area contributed by atoms with E-state index < -0.39 is 0 Å². The van der Waals surface area contributed by atoms with E-state index >= 15 is 0 Å². The van der Waals surface area contributed by atoms with Gasteiger partial charge in [0.2, 0.25) is 0 Å². The average Bonchev–Trinajstić information content (AvgIpc) is 3.96. The van der Waals surface area contributed by atoms with Gasteiger partial charge in [-0.2, -0.15) is 0 Å². The van der Waals surface area contributed by atoms with Crippen molar-refractivity contribution < 1.29 is 4.42 Å². The Morgan fingerprint density at radius 3 is 2.08 bits per heavy atom. The van der Waals surface area contributed by atoms with Gasteiger partial charge in [-0.25, -0.2) is 0 Å². The Labute approximate surface area is 365 Å². The molecule has 61 heavy (non-hydrogen) atoms. The maximum absolute atomic E-state index is 7.07. The fourth-order valence-corrected chi connectivity index (χ4v) is 14.0. The lowest BCUT2D eigenvalue weighted by atomic mass is 9.45. The summed E-state index contributed by atoms with van der Waals surface area (Å²) in [5.41, 5.74) is 16.8. The normalized spacial score (nSPS) is 14.0. The number of nitrogens with zero attached hydrogens (tertiary/aromatic N) is 2. The zero-order valence-corrected chi connectivity index (χ0v) is 36.1. The van der Waals surface area contributed by atoms with Crippen LogP contribution >= 0.6 is 34.9 Å². The molecule has 0 fully saturated rings. The van der Waals surface area contributed by atoms with E-state index in [0.717, 1.165) is 21.9 Å². The fraction of sp³-hybridized carbons (Fsp3) is 0.0741. The number of aromatic nitrogens is 1. The SMILES string of the molecule is CC(C)(C)c1ccc(N2c3cc4c(cc3B3c5c2cc2c(oc6ccccc62)c5-c2cccc5c6sc7ccccc7c6n3c25)Sc2ccccc2S4)c(-c2ccccc2)c1. The Kier molecular flexibility index (Phi) is 6.95. The van der Waals surface area contributed by atoms with Gasteiger partial charge in [0.05, 0.1) is 15.9 Å². The van der Waals surface area contributed by atoms with Gasteiger partial charge < -0.3 is 13.8 Å². The minimum absolute atomic E-state index is 0.0285. The highest BCUT2D eigenvalue weighted by atomic mass is 32.2. The van der Waals surface area contributed by atoms with Crippen LogP contribution in [0.15, 0.2) is 182 Å². The van der Waals surface area contributed by atoms with Crippen molar-refractivity contribution in [3.8, 4) is 22.3 Å². The molecule has 6 heterocycles. The van der Waals surface area contributed by atoms with Gasteiger partial charge in [0.15, 0.2) is 0 Å². The third-order valence-electron chi connectivity index (χ3n) is 13.2. The lowest BCUT2D eigenvalue weighted by molar-refractivity contribution is 0.590. The van der Waals surface area contributed by atoms with E-state index in [0.29, 0.717) is 0 Å². The van der Waals surface area contributed by atoms with E-state index in [-0.39, 0.29) is 12.3 Å². The summed E-state index contributed by atoms with van der Waals surface area (Å²) in [6, 6.07) is 59.0. The van der Waals surface area contributed by atoms with Crippen molar-refractivity contribution in [3.63, 3.8) is 0 Å². The molecule has 8 aromatic carbocycles. The third kappa shape index (κ3) is 4.69. The molecule has 0 amide bonds. The summed E-state index contributed by atoms with van der Waals surface area (Å²) in [7, 11) is 0. The second-order valence-electron chi connectivity index (χ2n) is 17.6. The maximum atomic E-state index is 7.07. The molecule has 11 aromatic rings. The molecule has 14 rings (SSSR count). The smallest absolute Gasteiger partial charge is 0.333 e. The monoisotopic (exact) mass is 834 g/mol. The zero-order valence-electron chi connectivity index (χ0n) is 33.6. The Morgan fingerprint density at radius 2 is 1.26 bits per heavy atom. The van der Waals surface area contributed by atoms with Gasteiger partial charge in [0.1, 0.15) is 11.2 Å². The standard InChI is InChI=1S/C54H35BN2OS3/c1-54(2,3)31-24-25-39(36(26-31)30-14-5-4-6-15-30)56-40-29-47-46(59-44-22-11-12-23-45(44)60-47)28-38(40)55-49-41(56)27-37-32-16-7-9-20-42(32)58-52(37)48(49)34-18-13-19-35-50(34)57(55)51-33-17-8-10-21-43(33)61-53(35)51/h4-29H,1-3H3. The molecule has 0 aliphatic carbocycles. The first kappa shape index (κ1) is 34.6. The average molecular weight is 835 g/mol. The van der Waals surface area contributed by atoms with Crippen LogP contribution in [0.3, 0.4) is 0 Å². The van der Waals surface area contributed by atoms with E-state index in [4.69, 9.17) is 4.42 Å². The Balaban J connectivity index is 1.18. The number of fused-ring (bicyclic) bond motifs is 15. The number of hydrogen-bond acceptors (Lipinski definition) is 5. The van der Waals surface area contributed by atoms with Crippen LogP contribution in [0.5, 0.6) is 0 Å². The Hall–Kier alpha value is -6.12. The van der Waals surface area contributed by atoms with Crippen molar-refractivity contribution in [1.29, 1.82) is 0 Å². The zero-order chi connectivity index (χ0) is 40.3. The van der Waals surface area contributed by atoms with Crippen LogP contribution in [0.2, 0.25) is 0 Å². The van der Waals surface area contributed by atoms with Gasteiger partial charge in [0, 0.05) is 79.4 Å². The second-order valence-corrected chi connectivity index (χ2v) is 20.8. The molecule has 0 bridgehead atoms. The van der Waals surface area contributed by atoms with Crippen LogP contribution < -0.4 is 15.8 Å². The molecule has 288 valence electrons. The second kappa shape index (κ2) is 12.3. The first-order valence-corrected chi connectivity index (χ1v) is 23.4. The van der Waals surface area contributed by atoms with Gasteiger partial charge in [-0.15, -0.1) is 11.3 Å². The minimum Gasteiger partial charge on any atom is -0.455 e. The molecule has 0 radical (unpaired) electrons. The molecule has 0 saturated carbocycles. The van der Waals surface area contributed by atoms with Crippen molar-refractivity contribution in [2.45, 2.75) is 45.8 Å². The number of benzene rings is 8. The summed E-state index contributed by atoms with van der Waals surface area (Å²) in [5.74, 6) is 0. The summed E-state index contributed by atoms with van der Waals surface area (Å²) >= 11 is 5.72. The Morgan fingerprint density at radius 1 is 0.541 bits per heavy atom. The highest BCUT2D eigenvalue weighted by molar-refractivity contribution is 8.05. The molecule has 0 spiro atoms. The van der Waals surface area contributed by atoms with E-state index in [2.05, 4.69) is 188 Å². The predicted molar refractivity (Wildman–Crippen MR) is 261 cm³/mol. The Bertz CT molecular complexity index is 3720. The van der Waals surface area contributed by atoms with Crippen molar-refractivity contribution in [1.82, 2.24) is 4.48 Å². The largest absolute Gasteiger partial charge is 0.455 e. The van der Waals surface area contributed by atoms with Crippen LogP contribution in [-0.4, -0.2) is 11.3 Å². The van der Waals surface area contributed by atoms with Gasteiger partial charge in [0.25, 0.3) is 0 Å². The molecule has 0 unspecified atom stereocenters. The van der Waals surface area contributed by atoms with Crippen LogP contribution in [-0.2, 0) is 5.41 Å². The number of anilines is 3. The molecule has 0 atom stereocenters. The fourth-order valence-electron chi connectivity index (χ4n) is 10.5. The summed E-state index contributed by atoms with van der Waals surface area (Å²) in [6.07, 6.45) is 0. The van der Waals surface area contributed by atoms with Crippen molar-refractivity contribution >= 4 is 123 Å². The summed E-state index contributed by atoms with van der Waals surface area (Å²) in [6.45, 7) is 6.84. The van der Waals surface area contributed by atoms with Crippen molar-refractivity contribution in [2.75, 3.05) is 4.90 Å². The molecular formula is C54H35BN2OS3. The summed E-state index contributed by atoms with van der Waals surface area (Å²) in [4.78, 5) is 7.83. The van der Waals surface area contributed by atoms with E-state index in [1.165, 1.54) is 107 Å². The van der Waals surface area contributed by atoms with Crippen molar-refractivity contribution in [3.05, 3.63) is 163 Å². The number of rotatable bonds is 2. The van der Waals surface area contributed by atoms with Crippen LogP contribution in [0.4, 0.5) is 17.1 Å². The highest BCUT2D eigenvalue weighted by Crippen LogP contribution is 2.55. The molecular weight excluding hydrogens is 800 g/mol. The van der Waals surface area contributed by atoms with Gasteiger partial charge in [-0.1, -0.05) is 147 Å². The first-order valence-electron chi connectivity index (χ1n) is 20.9. The molecule has 0 N–H and O–H groups in total. The third-order valence-corrected chi connectivity index (χ3v) is 16.9. The molecule has 3 aliphatic heterocycles. The number of para-hydroxylation sites is 2. The first-order chi connectivity index (χ1) is 29.9. The lowest BCUT2D eigenvalue weighted by Crippen LogP contribution is -2.56. The maximum Gasteiger partial charge on any atom is 0.333 e. The molecule has 3 aliphatic rings. The van der Waals surface area contributed by atoms with Crippen molar-refractivity contribution in [2.24, 2.45) is 0 Å². The van der Waals surface area contributed by atoms with Gasteiger partial charge >= 0.3 is 6.85 Å². The van der Waals surface area contributed by atoms with Crippen LogP contribution in [0.25, 0.3) is 75.4 Å². The van der Waals surface area contributed by atoms with E-state index in [1.807, 2.05) is 34.9 Å². The molecule has 7 heteroatoms. The van der Waals surface area contributed by atoms with Crippen LogP contribution in [0, 0.1) is 0 Å². The highest BCUT2D eigenvalue weighted by Gasteiger charge is 2.46. The lowest BCUT2D eigenvalue weighted by Gasteiger charge is -2.42. The molecule has 0 saturated heterocycles. The van der Waals surface area contributed by atoms with Gasteiger partial charge in [-0.3, -0.25) is 0 Å². The van der Waals surface area contributed by atoms with E-state index in [9.17, 15) is 0 Å². The summed E-state index contributed by atoms with van der Waals surface area (Å²) < 4.78 is 12.5. The minimum atomic E-state index is -0.108. The molecule has 3 aromatic heterocycles. The topological polar surface area (TPSA) is 21.3 Å². The number of thiophene rings is 1.